The molecule has 4 rings (SSSR count). The van der Waals surface area contributed by atoms with E-state index < -0.39 is 17.8 Å². The second-order valence-corrected chi connectivity index (χ2v) is 7.08. The van der Waals surface area contributed by atoms with Crippen molar-refractivity contribution in [1.29, 1.82) is 0 Å². The van der Waals surface area contributed by atoms with Crippen LogP contribution in [0, 0.1) is 0 Å². The number of esters is 2. The van der Waals surface area contributed by atoms with Gasteiger partial charge in [-0.05, 0) is 36.2 Å². The molecule has 0 spiro atoms. The van der Waals surface area contributed by atoms with Gasteiger partial charge >= 0.3 is 11.9 Å². The zero-order valence-corrected chi connectivity index (χ0v) is 17.2. The first-order chi connectivity index (χ1) is 15.5. The SMILES string of the molecule is COC(=O)c1ccoc1COC(=O)c1ccc2c(c1)C(=O)N(CCc1ccccc1)C2=O. The van der Waals surface area contributed by atoms with Crippen LogP contribution in [0.4, 0.5) is 0 Å². The molecule has 0 radical (unpaired) electrons. The van der Waals surface area contributed by atoms with E-state index in [-0.39, 0.29) is 47.1 Å². The molecule has 1 aliphatic heterocycles. The molecule has 2 heterocycles. The minimum absolute atomic E-state index is 0.112. The number of hydrogen-bond acceptors (Lipinski definition) is 7. The standard InChI is InChI=1S/C24H19NO7/c1-30-24(29)18-10-12-31-20(18)14-32-23(28)16-7-8-17-19(13-16)22(27)25(21(17)26)11-9-15-5-3-2-4-6-15/h2-8,10,12-13H,9,11,14H2,1H3. The number of hydrogen-bond donors (Lipinski definition) is 0. The number of benzene rings is 2. The second kappa shape index (κ2) is 8.89. The van der Waals surface area contributed by atoms with Gasteiger partial charge in [-0.2, -0.15) is 0 Å². The van der Waals surface area contributed by atoms with Gasteiger partial charge in [0.05, 0.1) is 30.1 Å². The summed E-state index contributed by atoms with van der Waals surface area (Å²) in [5, 5.41) is 0. The van der Waals surface area contributed by atoms with Gasteiger partial charge < -0.3 is 13.9 Å². The molecule has 8 nitrogen and oxygen atoms in total. The van der Waals surface area contributed by atoms with Gasteiger partial charge in [-0.15, -0.1) is 0 Å². The third-order valence-corrected chi connectivity index (χ3v) is 5.16. The van der Waals surface area contributed by atoms with Crippen LogP contribution < -0.4 is 0 Å². The normalized spacial score (nSPS) is 12.6. The van der Waals surface area contributed by atoms with Crippen LogP contribution in [0.25, 0.3) is 0 Å². The van der Waals surface area contributed by atoms with Crippen molar-refractivity contribution in [1.82, 2.24) is 4.90 Å². The molecule has 0 aliphatic carbocycles. The number of imide groups is 1. The number of fused-ring (bicyclic) bond motifs is 1. The fourth-order valence-corrected chi connectivity index (χ4v) is 3.47. The van der Waals surface area contributed by atoms with Crippen molar-refractivity contribution in [2.24, 2.45) is 0 Å². The van der Waals surface area contributed by atoms with E-state index in [2.05, 4.69) is 4.74 Å². The molecule has 1 aromatic heterocycles. The number of rotatable bonds is 7. The van der Waals surface area contributed by atoms with Crippen molar-refractivity contribution in [3.8, 4) is 0 Å². The summed E-state index contributed by atoms with van der Waals surface area (Å²) < 4.78 is 15.0. The summed E-state index contributed by atoms with van der Waals surface area (Å²) in [4.78, 5) is 50.8. The largest absolute Gasteiger partial charge is 0.465 e. The summed E-state index contributed by atoms with van der Waals surface area (Å²) in [7, 11) is 1.23. The highest BCUT2D eigenvalue weighted by molar-refractivity contribution is 6.22. The lowest BCUT2D eigenvalue weighted by molar-refractivity contribution is 0.0432. The van der Waals surface area contributed by atoms with Crippen molar-refractivity contribution < 1.29 is 33.1 Å². The van der Waals surface area contributed by atoms with E-state index in [1.54, 1.807) is 0 Å². The Balaban J connectivity index is 1.44. The fraction of sp³-hybridized carbons (Fsp3) is 0.167. The van der Waals surface area contributed by atoms with Gasteiger partial charge in [0, 0.05) is 6.54 Å². The predicted octanol–water partition coefficient (Wildman–Crippen LogP) is 3.26. The Morgan fingerprint density at radius 3 is 2.44 bits per heavy atom. The van der Waals surface area contributed by atoms with E-state index in [1.807, 2.05) is 30.3 Å². The fourth-order valence-electron chi connectivity index (χ4n) is 3.47. The van der Waals surface area contributed by atoms with E-state index in [1.165, 1.54) is 42.5 Å². The van der Waals surface area contributed by atoms with Crippen molar-refractivity contribution >= 4 is 23.8 Å². The lowest BCUT2D eigenvalue weighted by Crippen LogP contribution is -2.31. The monoisotopic (exact) mass is 433 g/mol. The minimum Gasteiger partial charge on any atom is -0.465 e. The highest BCUT2D eigenvalue weighted by Gasteiger charge is 2.35. The average molecular weight is 433 g/mol. The van der Waals surface area contributed by atoms with Crippen LogP contribution in [0.2, 0.25) is 0 Å². The van der Waals surface area contributed by atoms with Gasteiger partial charge in [0.2, 0.25) is 0 Å². The molecule has 0 N–H and O–H groups in total. The second-order valence-electron chi connectivity index (χ2n) is 7.08. The van der Waals surface area contributed by atoms with E-state index >= 15 is 0 Å². The maximum absolute atomic E-state index is 12.8. The molecule has 8 heteroatoms. The van der Waals surface area contributed by atoms with Crippen LogP contribution in [0.1, 0.15) is 52.8 Å². The van der Waals surface area contributed by atoms with Gasteiger partial charge in [-0.1, -0.05) is 30.3 Å². The van der Waals surface area contributed by atoms with E-state index in [4.69, 9.17) is 9.15 Å². The Morgan fingerprint density at radius 2 is 1.69 bits per heavy atom. The number of carbonyl (C=O) groups is 4. The zero-order valence-electron chi connectivity index (χ0n) is 17.2. The Kier molecular flexibility index (Phi) is 5.85. The zero-order chi connectivity index (χ0) is 22.7. The molecule has 32 heavy (non-hydrogen) atoms. The average Bonchev–Trinajstić information content (AvgIpc) is 3.39. The number of methoxy groups -OCH3 is 1. The van der Waals surface area contributed by atoms with E-state index in [0.717, 1.165) is 5.56 Å². The summed E-state index contributed by atoms with van der Waals surface area (Å²) in [6.45, 7) is -0.0473. The van der Waals surface area contributed by atoms with Crippen molar-refractivity contribution in [2.45, 2.75) is 13.0 Å². The topological polar surface area (TPSA) is 103 Å². The van der Waals surface area contributed by atoms with Crippen LogP contribution in [-0.4, -0.2) is 42.3 Å². The van der Waals surface area contributed by atoms with Crippen molar-refractivity contribution in [2.75, 3.05) is 13.7 Å². The van der Waals surface area contributed by atoms with Gasteiger partial charge in [0.1, 0.15) is 5.56 Å². The maximum atomic E-state index is 12.8. The van der Waals surface area contributed by atoms with Crippen LogP contribution in [0.3, 0.4) is 0 Å². The third kappa shape index (κ3) is 4.02. The summed E-state index contributed by atoms with van der Waals surface area (Å²) >= 11 is 0. The molecule has 2 aromatic carbocycles. The molecule has 0 unspecified atom stereocenters. The summed E-state index contributed by atoms with van der Waals surface area (Å²) in [6, 6.07) is 15.2. The molecule has 3 aromatic rings. The predicted molar refractivity (Wildman–Crippen MR) is 111 cm³/mol. The lowest BCUT2D eigenvalue weighted by Gasteiger charge is -2.13. The molecular formula is C24H19NO7. The minimum atomic E-state index is -0.719. The highest BCUT2D eigenvalue weighted by Crippen LogP contribution is 2.25. The summed E-state index contributed by atoms with van der Waals surface area (Å²) in [5.74, 6) is -2.02. The molecule has 0 saturated heterocycles. The van der Waals surface area contributed by atoms with Crippen LogP contribution in [0.5, 0.6) is 0 Å². The molecule has 0 atom stereocenters. The molecule has 0 fully saturated rings. The Hall–Kier alpha value is -4.20. The molecule has 0 bridgehead atoms. The lowest BCUT2D eigenvalue weighted by atomic mass is 10.1. The number of ether oxygens (including phenoxy) is 2. The molecular weight excluding hydrogens is 414 g/mol. The first-order valence-electron chi connectivity index (χ1n) is 9.85. The summed E-state index contributed by atoms with van der Waals surface area (Å²) in [6.07, 6.45) is 1.83. The van der Waals surface area contributed by atoms with Gasteiger partial charge in [-0.3, -0.25) is 14.5 Å². The van der Waals surface area contributed by atoms with Crippen LogP contribution in [0.15, 0.2) is 65.3 Å². The number of amides is 2. The van der Waals surface area contributed by atoms with Crippen molar-refractivity contribution in [3.63, 3.8) is 0 Å². The van der Waals surface area contributed by atoms with E-state index in [9.17, 15) is 19.2 Å². The van der Waals surface area contributed by atoms with Crippen molar-refractivity contribution in [3.05, 3.63) is 94.4 Å². The van der Waals surface area contributed by atoms with Crippen LogP contribution in [-0.2, 0) is 22.5 Å². The molecule has 2 amide bonds. The Bertz CT molecular complexity index is 1200. The Morgan fingerprint density at radius 1 is 0.938 bits per heavy atom. The number of carbonyl (C=O) groups excluding carboxylic acids is 4. The smallest absolute Gasteiger partial charge is 0.341 e. The molecule has 162 valence electrons. The van der Waals surface area contributed by atoms with Gasteiger partial charge in [-0.25, -0.2) is 9.59 Å². The molecule has 1 aliphatic rings. The molecule has 0 saturated carbocycles. The van der Waals surface area contributed by atoms with E-state index in [0.29, 0.717) is 6.42 Å². The van der Waals surface area contributed by atoms with Crippen LogP contribution >= 0.6 is 0 Å². The van der Waals surface area contributed by atoms with Gasteiger partial charge in [0.25, 0.3) is 11.8 Å². The quantitative estimate of drug-likeness (QED) is 0.416. The number of furan rings is 1. The highest BCUT2D eigenvalue weighted by atomic mass is 16.5. The summed E-state index contributed by atoms with van der Waals surface area (Å²) in [5.41, 5.74) is 1.69. The third-order valence-electron chi connectivity index (χ3n) is 5.16. The van der Waals surface area contributed by atoms with Gasteiger partial charge in [0.15, 0.2) is 12.4 Å². The maximum Gasteiger partial charge on any atom is 0.341 e. The first kappa shape index (κ1) is 21.0. The first-order valence-corrected chi connectivity index (χ1v) is 9.85. The Labute approximate surface area is 183 Å². The number of nitrogens with zero attached hydrogens (tertiary/aromatic N) is 1.